The van der Waals surface area contributed by atoms with Gasteiger partial charge in [0.15, 0.2) is 0 Å². The van der Waals surface area contributed by atoms with E-state index < -0.39 is 11.9 Å². The molecular formula is C47H37NO4. The van der Waals surface area contributed by atoms with Crippen molar-refractivity contribution in [3.05, 3.63) is 187 Å². The molecule has 254 valence electrons. The van der Waals surface area contributed by atoms with E-state index in [1.807, 2.05) is 97.9 Å². The molecule has 5 heteroatoms. The van der Waals surface area contributed by atoms with Crippen LogP contribution in [0, 0.1) is 6.92 Å². The van der Waals surface area contributed by atoms with Gasteiger partial charge >= 0.3 is 11.9 Å². The van der Waals surface area contributed by atoms with Crippen molar-refractivity contribution in [2.45, 2.75) is 6.92 Å². The summed E-state index contributed by atoms with van der Waals surface area (Å²) in [5.41, 5.74) is 12.1. The predicted molar refractivity (Wildman–Crippen MR) is 210 cm³/mol. The lowest BCUT2D eigenvalue weighted by atomic mass is 9.89. The van der Waals surface area contributed by atoms with E-state index in [0.717, 1.165) is 56.0 Å². The molecule has 0 saturated heterocycles. The van der Waals surface area contributed by atoms with Crippen LogP contribution in [0.1, 0.15) is 26.3 Å². The van der Waals surface area contributed by atoms with Crippen LogP contribution in [0.2, 0.25) is 0 Å². The van der Waals surface area contributed by atoms with Gasteiger partial charge in [-0.1, -0.05) is 121 Å². The molecule has 7 aromatic rings. The monoisotopic (exact) mass is 679 g/mol. The highest BCUT2D eigenvalue weighted by Crippen LogP contribution is 2.40. The largest absolute Gasteiger partial charge is 0.465 e. The van der Waals surface area contributed by atoms with E-state index in [4.69, 9.17) is 9.47 Å². The SMILES string of the molecule is COC(=O)c1cc(C(=O)OC)c(-c2ccccc2C)cc1-c1ccc(N(c2ccc(-c3ccccc3)cc2)c2ccc(-c3ccccc3)cc2)cc1. The first-order chi connectivity index (χ1) is 25.4. The lowest BCUT2D eigenvalue weighted by molar-refractivity contribution is 0.0600. The Kier molecular flexibility index (Phi) is 9.76. The van der Waals surface area contributed by atoms with E-state index >= 15 is 0 Å². The summed E-state index contributed by atoms with van der Waals surface area (Å²) in [6.45, 7) is 1.99. The molecule has 7 aromatic carbocycles. The highest BCUT2D eigenvalue weighted by atomic mass is 16.5. The molecule has 0 heterocycles. The van der Waals surface area contributed by atoms with Crippen molar-refractivity contribution in [3.8, 4) is 44.5 Å². The van der Waals surface area contributed by atoms with Crippen molar-refractivity contribution in [2.75, 3.05) is 19.1 Å². The van der Waals surface area contributed by atoms with Gasteiger partial charge in [-0.15, -0.1) is 0 Å². The summed E-state index contributed by atoms with van der Waals surface area (Å²) >= 11 is 0. The predicted octanol–water partition coefficient (Wildman–Crippen LogP) is 11.7. The summed E-state index contributed by atoms with van der Waals surface area (Å²) in [4.78, 5) is 28.5. The number of benzene rings is 7. The van der Waals surface area contributed by atoms with Crippen LogP contribution in [0.15, 0.2) is 170 Å². The standard InChI is InChI=1S/C47H37NO4/c1-32-12-10-11-17-41(32)43-30-42(44(46(49)51-2)31-45(43)47(50)52-3)37-22-28-40(29-23-37)48(38-24-18-35(19-25-38)33-13-6-4-7-14-33)39-26-20-36(21-27-39)34-15-8-5-9-16-34/h4-31H,1-3H3. The average Bonchev–Trinajstić information content (AvgIpc) is 3.21. The number of aryl methyl sites for hydroxylation is 1. The van der Waals surface area contributed by atoms with Crippen molar-refractivity contribution >= 4 is 29.0 Å². The van der Waals surface area contributed by atoms with Gasteiger partial charge in [0.25, 0.3) is 0 Å². The molecule has 0 N–H and O–H groups in total. The van der Waals surface area contributed by atoms with Crippen molar-refractivity contribution in [1.82, 2.24) is 0 Å². The summed E-state index contributed by atoms with van der Waals surface area (Å²) in [5.74, 6) is -1.07. The van der Waals surface area contributed by atoms with E-state index in [1.54, 1.807) is 6.07 Å². The molecule has 5 nitrogen and oxygen atoms in total. The van der Waals surface area contributed by atoms with E-state index in [9.17, 15) is 9.59 Å². The molecule has 0 amide bonds. The normalized spacial score (nSPS) is 10.8. The number of anilines is 3. The molecule has 0 aliphatic heterocycles. The Bertz CT molecular complexity index is 2250. The maximum atomic E-state index is 13.2. The Hall–Kier alpha value is -6.72. The minimum absolute atomic E-state index is 0.276. The van der Waals surface area contributed by atoms with Gasteiger partial charge in [0.1, 0.15) is 0 Å². The Labute approximate surface area is 304 Å². The molecule has 0 saturated carbocycles. The fourth-order valence-electron chi connectivity index (χ4n) is 6.60. The van der Waals surface area contributed by atoms with E-state index in [2.05, 4.69) is 77.7 Å². The lowest BCUT2D eigenvalue weighted by Crippen LogP contribution is -2.11. The topological polar surface area (TPSA) is 55.8 Å². The van der Waals surface area contributed by atoms with Crippen molar-refractivity contribution in [2.24, 2.45) is 0 Å². The van der Waals surface area contributed by atoms with Crippen LogP contribution in [-0.4, -0.2) is 26.2 Å². The molecule has 0 unspecified atom stereocenters. The number of methoxy groups -OCH3 is 2. The van der Waals surface area contributed by atoms with Crippen molar-refractivity contribution in [3.63, 3.8) is 0 Å². The molecule has 52 heavy (non-hydrogen) atoms. The molecule has 0 aromatic heterocycles. The van der Waals surface area contributed by atoms with Crippen molar-refractivity contribution in [1.29, 1.82) is 0 Å². The molecule has 0 bridgehead atoms. The van der Waals surface area contributed by atoms with Crippen LogP contribution in [-0.2, 0) is 9.47 Å². The van der Waals surface area contributed by atoms with Gasteiger partial charge in [0.05, 0.1) is 25.3 Å². The third-order valence-electron chi connectivity index (χ3n) is 9.31. The minimum atomic E-state index is -0.542. The second-order valence-electron chi connectivity index (χ2n) is 12.4. The number of carbonyl (C=O) groups excluding carboxylic acids is 2. The number of carbonyl (C=O) groups is 2. The van der Waals surface area contributed by atoms with Gasteiger partial charge in [-0.2, -0.15) is 0 Å². The van der Waals surface area contributed by atoms with Gasteiger partial charge in [-0.3, -0.25) is 0 Å². The first kappa shape index (κ1) is 33.8. The minimum Gasteiger partial charge on any atom is -0.465 e. The van der Waals surface area contributed by atoms with Gasteiger partial charge < -0.3 is 14.4 Å². The van der Waals surface area contributed by atoms with Crippen LogP contribution in [0.5, 0.6) is 0 Å². The number of ether oxygens (including phenoxy) is 2. The van der Waals surface area contributed by atoms with Gasteiger partial charge in [0, 0.05) is 17.1 Å². The zero-order chi connectivity index (χ0) is 36.0. The molecule has 0 atom stereocenters. The summed E-state index contributed by atoms with van der Waals surface area (Å²) < 4.78 is 10.3. The van der Waals surface area contributed by atoms with Gasteiger partial charge in [0.2, 0.25) is 0 Å². The van der Waals surface area contributed by atoms with Crippen molar-refractivity contribution < 1.29 is 19.1 Å². The van der Waals surface area contributed by atoms with Crippen LogP contribution in [0.25, 0.3) is 44.5 Å². The zero-order valence-corrected chi connectivity index (χ0v) is 29.2. The Morgan fingerprint density at radius 1 is 0.404 bits per heavy atom. The van der Waals surface area contributed by atoms with E-state index in [1.165, 1.54) is 14.2 Å². The molecule has 0 aliphatic carbocycles. The summed E-state index contributed by atoms with van der Waals surface area (Å²) in [6, 6.07) is 57.2. The molecule has 0 fully saturated rings. The third kappa shape index (κ3) is 6.85. The Morgan fingerprint density at radius 3 is 1.23 bits per heavy atom. The van der Waals surface area contributed by atoms with Crippen LogP contribution < -0.4 is 4.90 Å². The number of hydrogen-bond donors (Lipinski definition) is 0. The maximum Gasteiger partial charge on any atom is 0.338 e. The molecule has 7 rings (SSSR count). The fourth-order valence-corrected chi connectivity index (χ4v) is 6.60. The number of hydrogen-bond acceptors (Lipinski definition) is 5. The first-order valence-corrected chi connectivity index (χ1v) is 17.1. The summed E-state index contributed by atoms with van der Waals surface area (Å²) in [6.07, 6.45) is 0. The van der Waals surface area contributed by atoms with Gasteiger partial charge in [-0.25, -0.2) is 9.59 Å². The maximum absolute atomic E-state index is 13.2. The smallest absolute Gasteiger partial charge is 0.338 e. The number of rotatable bonds is 9. The highest BCUT2D eigenvalue weighted by Gasteiger charge is 2.23. The molecule has 0 radical (unpaired) electrons. The second-order valence-corrected chi connectivity index (χ2v) is 12.4. The molecule has 0 aliphatic rings. The second kappa shape index (κ2) is 15.0. The van der Waals surface area contributed by atoms with Crippen LogP contribution >= 0.6 is 0 Å². The third-order valence-corrected chi connectivity index (χ3v) is 9.31. The van der Waals surface area contributed by atoms with Crippen LogP contribution in [0.3, 0.4) is 0 Å². The Balaban J connectivity index is 1.33. The number of esters is 2. The highest BCUT2D eigenvalue weighted by molar-refractivity contribution is 6.05. The molecular weight excluding hydrogens is 643 g/mol. The summed E-state index contributed by atoms with van der Waals surface area (Å²) in [7, 11) is 2.68. The summed E-state index contributed by atoms with van der Waals surface area (Å²) in [5, 5.41) is 0. The average molecular weight is 680 g/mol. The Morgan fingerprint density at radius 2 is 0.788 bits per heavy atom. The number of nitrogens with zero attached hydrogens (tertiary/aromatic N) is 1. The van der Waals surface area contributed by atoms with E-state index in [0.29, 0.717) is 16.7 Å². The zero-order valence-electron chi connectivity index (χ0n) is 29.2. The van der Waals surface area contributed by atoms with Gasteiger partial charge in [-0.05, 0) is 106 Å². The first-order valence-electron chi connectivity index (χ1n) is 17.1. The van der Waals surface area contributed by atoms with E-state index in [-0.39, 0.29) is 5.56 Å². The van der Waals surface area contributed by atoms with Crippen LogP contribution in [0.4, 0.5) is 17.1 Å². The quantitative estimate of drug-likeness (QED) is 0.142. The molecule has 0 spiro atoms. The fraction of sp³-hybridized carbons (Fsp3) is 0.0638. The lowest BCUT2D eigenvalue weighted by Gasteiger charge is -2.26.